The Kier molecular flexibility index (Phi) is 3.65. The smallest absolute Gasteiger partial charge is 0.175 e. The van der Waals surface area contributed by atoms with Crippen molar-refractivity contribution >= 4 is 28.9 Å². The second-order valence-electron chi connectivity index (χ2n) is 2.36. The molecule has 0 unspecified atom stereocenters. The van der Waals surface area contributed by atoms with E-state index in [0.29, 0.717) is 12.9 Å². The third kappa shape index (κ3) is 2.40. The fourth-order valence-electron chi connectivity index (χ4n) is 0.931. The monoisotopic (exact) mass is 294 g/mol. The summed E-state index contributed by atoms with van der Waals surface area (Å²) in [6, 6.07) is 3.04. The van der Waals surface area contributed by atoms with Gasteiger partial charge >= 0.3 is 0 Å². The van der Waals surface area contributed by atoms with E-state index in [0.717, 1.165) is 3.57 Å². The fourth-order valence-corrected chi connectivity index (χ4v) is 1.55. The van der Waals surface area contributed by atoms with Crippen LogP contribution in [0, 0.1) is 9.39 Å². The minimum absolute atomic E-state index is 0.0374. The van der Waals surface area contributed by atoms with Crippen LogP contribution in [0.25, 0.3) is 0 Å². The van der Waals surface area contributed by atoms with Crippen LogP contribution in [-0.4, -0.2) is 12.9 Å². The highest BCUT2D eigenvalue weighted by molar-refractivity contribution is 14.1. The highest BCUT2D eigenvalue weighted by atomic mass is 127. The van der Waals surface area contributed by atoms with Crippen LogP contribution in [0.1, 0.15) is 17.3 Å². The van der Waals surface area contributed by atoms with Gasteiger partial charge in [-0.2, -0.15) is 0 Å². The molecular formula is C9H8FIO2. The summed E-state index contributed by atoms with van der Waals surface area (Å²) in [5, 5.41) is 0. The van der Waals surface area contributed by atoms with Crippen molar-refractivity contribution in [1.29, 1.82) is 0 Å². The fraction of sp³-hybridized carbons (Fsp3) is 0.222. The van der Waals surface area contributed by atoms with E-state index < -0.39 is 5.82 Å². The van der Waals surface area contributed by atoms with E-state index in [-0.39, 0.29) is 11.3 Å². The summed E-state index contributed by atoms with van der Waals surface area (Å²) in [6.45, 7) is 2.15. The molecule has 0 saturated carbocycles. The first-order valence-corrected chi connectivity index (χ1v) is 4.84. The zero-order valence-corrected chi connectivity index (χ0v) is 9.17. The van der Waals surface area contributed by atoms with Crippen LogP contribution in [-0.2, 0) is 0 Å². The van der Waals surface area contributed by atoms with Gasteiger partial charge in [0.2, 0.25) is 0 Å². The molecule has 1 aromatic carbocycles. The average Bonchev–Trinajstić information content (AvgIpc) is 2.11. The standard InChI is InChI=1S/C9H8FIO2/c1-2-13-8-4-7(11)3-6(5-12)9(8)10/h3-5H,2H2,1H3. The van der Waals surface area contributed by atoms with Gasteiger partial charge in [-0.15, -0.1) is 0 Å². The summed E-state index contributed by atoms with van der Waals surface area (Å²) in [6.07, 6.45) is 0.486. The van der Waals surface area contributed by atoms with Crippen LogP contribution in [0.5, 0.6) is 5.75 Å². The summed E-state index contributed by atoms with van der Waals surface area (Å²) < 4.78 is 19.1. The van der Waals surface area contributed by atoms with Gasteiger partial charge in [0.25, 0.3) is 0 Å². The van der Waals surface area contributed by atoms with E-state index in [1.165, 1.54) is 6.07 Å². The van der Waals surface area contributed by atoms with Gasteiger partial charge in [0.05, 0.1) is 12.2 Å². The number of halogens is 2. The molecule has 0 aliphatic rings. The predicted octanol–water partition coefficient (Wildman–Crippen LogP) is 2.64. The third-order valence-corrected chi connectivity index (χ3v) is 2.08. The summed E-state index contributed by atoms with van der Waals surface area (Å²) in [5.41, 5.74) is 0.0374. The van der Waals surface area contributed by atoms with Crippen molar-refractivity contribution in [3.8, 4) is 5.75 Å². The zero-order valence-electron chi connectivity index (χ0n) is 7.01. The van der Waals surface area contributed by atoms with E-state index in [1.807, 2.05) is 22.6 Å². The molecule has 0 radical (unpaired) electrons. The summed E-state index contributed by atoms with van der Waals surface area (Å²) in [5.74, 6) is -0.450. The normalized spacial score (nSPS) is 9.77. The highest BCUT2D eigenvalue weighted by Gasteiger charge is 2.09. The molecule has 13 heavy (non-hydrogen) atoms. The SMILES string of the molecule is CCOc1cc(I)cc(C=O)c1F. The lowest BCUT2D eigenvalue weighted by Crippen LogP contribution is -1.98. The molecule has 0 aromatic heterocycles. The molecule has 0 atom stereocenters. The number of aldehydes is 1. The van der Waals surface area contributed by atoms with Gasteiger partial charge < -0.3 is 4.74 Å². The molecule has 0 spiro atoms. The predicted molar refractivity (Wildman–Crippen MR) is 55.7 cm³/mol. The second kappa shape index (κ2) is 4.55. The summed E-state index contributed by atoms with van der Waals surface area (Å²) in [7, 11) is 0. The number of hydrogen-bond donors (Lipinski definition) is 0. The Morgan fingerprint density at radius 1 is 1.62 bits per heavy atom. The van der Waals surface area contributed by atoms with Gasteiger partial charge in [0.15, 0.2) is 17.9 Å². The van der Waals surface area contributed by atoms with Crippen molar-refractivity contribution in [1.82, 2.24) is 0 Å². The van der Waals surface area contributed by atoms with Gasteiger partial charge in [0.1, 0.15) is 0 Å². The van der Waals surface area contributed by atoms with Crippen LogP contribution >= 0.6 is 22.6 Å². The van der Waals surface area contributed by atoms with Gasteiger partial charge in [-0.05, 0) is 41.6 Å². The number of carbonyl (C=O) groups excluding carboxylic acids is 1. The molecular weight excluding hydrogens is 286 g/mol. The van der Waals surface area contributed by atoms with Crippen LogP contribution in [0.4, 0.5) is 4.39 Å². The first-order chi connectivity index (χ1) is 6.19. The van der Waals surface area contributed by atoms with Crippen LogP contribution in [0.3, 0.4) is 0 Å². The molecule has 0 heterocycles. The molecule has 0 saturated heterocycles. The molecule has 2 nitrogen and oxygen atoms in total. The molecule has 4 heteroatoms. The van der Waals surface area contributed by atoms with Crippen LogP contribution < -0.4 is 4.74 Å². The molecule has 0 aliphatic heterocycles. The molecule has 70 valence electrons. The lowest BCUT2D eigenvalue weighted by molar-refractivity contribution is 0.111. The molecule has 0 fully saturated rings. The van der Waals surface area contributed by atoms with Crippen LogP contribution in [0.15, 0.2) is 12.1 Å². The Balaban J connectivity index is 3.18. The maximum Gasteiger partial charge on any atom is 0.175 e. The van der Waals surface area contributed by atoms with Crippen molar-refractivity contribution in [3.05, 3.63) is 27.1 Å². The minimum atomic E-state index is -0.586. The molecule has 0 bridgehead atoms. The number of rotatable bonds is 3. The molecule has 0 aliphatic carbocycles. The van der Waals surface area contributed by atoms with Crippen molar-refractivity contribution in [3.63, 3.8) is 0 Å². The van der Waals surface area contributed by atoms with Crippen LogP contribution in [0.2, 0.25) is 0 Å². The Labute approximate surface area is 89.2 Å². The van der Waals surface area contributed by atoms with E-state index in [4.69, 9.17) is 4.74 Å². The Morgan fingerprint density at radius 3 is 2.85 bits per heavy atom. The number of carbonyl (C=O) groups is 1. The Morgan fingerprint density at radius 2 is 2.31 bits per heavy atom. The highest BCUT2D eigenvalue weighted by Crippen LogP contribution is 2.23. The topological polar surface area (TPSA) is 26.3 Å². The van der Waals surface area contributed by atoms with E-state index in [1.54, 1.807) is 13.0 Å². The van der Waals surface area contributed by atoms with Gasteiger partial charge in [0, 0.05) is 3.57 Å². The van der Waals surface area contributed by atoms with Crippen molar-refractivity contribution in [2.75, 3.05) is 6.61 Å². The quantitative estimate of drug-likeness (QED) is 0.633. The zero-order chi connectivity index (χ0) is 9.84. The molecule has 0 N–H and O–H groups in total. The number of ether oxygens (including phenoxy) is 1. The third-order valence-electron chi connectivity index (χ3n) is 1.46. The van der Waals surface area contributed by atoms with E-state index >= 15 is 0 Å². The Hall–Kier alpha value is -0.650. The van der Waals surface area contributed by atoms with Gasteiger partial charge in [-0.1, -0.05) is 0 Å². The van der Waals surface area contributed by atoms with Crippen molar-refractivity contribution < 1.29 is 13.9 Å². The lowest BCUT2D eigenvalue weighted by atomic mass is 10.2. The van der Waals surface area contributed by atoms with Gasteiger partial charge in [-0.3, -0.25) is 4.79 Å². The number of benzene rings is 1. The Bertz CT molecular complexity index is 326. The van der Waals surface area contributed by atoms with E-state index in [9.17, 15) is 9.18 Å². The van der Waals surface area contributed by atoms with Crippen molar-refractivity contribution in [2.24, 2.45) is 0 Å². The average molecular weight is 294 g/mol. The van der Waals surface area contributed by atoms with Gasteiger partial charge in [-0.25, -0.2) is 4.39 Å². The first-order valence-electron chi connectivity index (χ1n) is 3.76. The largest absolute Gasteiger partial charge is 0.491 e. The summed E-state index contributed by atoms with van der Waals surface area (Å²) in [4.78, 5) is 10.4. The summed E-state index contributed by atoms with van der Waals surface area (Å²) >= 11 is 2.01. The van der Waals surface area contributed by atoms with Crippen molar-refractivity contribution in [2.45, 2.75) is 6.92 Å². The lowest BCUT2D eigenvalue weighted by Gasteiger charge is -2.06. The molecule has 0 amide bonds. The molecule has 1 aromatic rings. The molecule has 1 rings (SSSR count). The second-order valence-corrected chi connectivity index (χ2v) is 3.60. The number of hydrogen-bond acceptors (Lipinski definition) is 2. The first kappa shape index (κ1) is 10.4. The maximum absolute atomic E-state index is 13.3. The maximum atomic E-state index is 13.3. The van der Waals surface area contributed by atoms with E-state index in [2.05, 4.69) is 0 Å². The minimum Gasteiger partial charge on any atom is -0.491 e.